The molecule has 0 amide bonds. The average molecular weight is 276 g/mol. The summed E-state index contributed by atoms with van der Waals surface area (Å²) in [6.07, 6.45) is 0.895. The number of benzene rings is 1. The highest BCUT2D eigenvalue weighted by atomic mass is 32.2. The van der Waals surface area contributed by atoms with E-state index >= 15 is 0 Å². The second kappa shape index (κ2) is 5.21. The largest absolute Gasteiger partial charge is 0.480 e. The Morgan fingerprint density at radius 2 is 2.06 bits per heavy atom. The maximum absolute atomic E-state index is 13.3. The summed E-state index contributed by atoms with van der Waals surface area (Å²) in [6.45, 7) is 1.41. The number of sulfonamides is 1. The third kappa shape index (κ3) is 4.21. The molecule has 8 heteroatoms. The normalized spacial score (nSPS) is 12.8. The van der Waals surface area contributed by atoms with Gasteiger partial charge >= 0.3 is 5.97 Å². The smallest absolute Gasteiger partial charge is 0.325 e. The Morgan fingerprint density at radius 1 is 1.44 bits per heavy atom. The van der Waals surface area contributed by atoms with E-state index in [4.69, 9.17) is 5.11 Å². The van der Waals surface area contributed by atoms with Crippen LogP contribution in [0, 0.1) is 5.82 Å². The van der Waals surface area contributed by atoms with Gasteiger partial charge in [0, 0.05) is 5.69 Å². The van der Waals surface area contributed by atoms with Gasteiger partial charge in [-0.2, -0.15) is 0 Å². The van der Waals surface area contributed by atoms with Crippen LogP contribution in [0.15, 0.2) is 18.2 Å². The van der Waals surface area contributed by atoms with Gasteiger partial charge in [0.25, 0.3) is 0 Å². The standard InChI is InChI=1S/C10H13FN2O4S/c1-6(10(14)15)12-7-3-4-8(11)9(5-7)13-18(2,16)17/h3-6,12-13H,1-2H3,(H,14,15). The number of nitrogens with one attached hydrogen (secondary N) is 2. The molecule has 1 rings (SSSR count). The quantitative estimate of drug-likeness (QED) is 0.748. The van der Waals surface area contributed by atoms with Crippen LogP contribution < -0.4 is 10.0 Å². The third-order valence-corrected chi connectivity index (χ3v) is 2.61. The summed E-state index contributed by atoms with van der Waals surface area (Å²) < 4.78 is 37.3. The number of carbonyl (C=O) groups is 1. The molecule has 0 aliphatic heterocycles. The Balaban J connectivity index is 2.97. The van der Waals surface area contributed by atoms with E-state index in [0.29, 0.717) is 5.69 Å². The monoisotopic (exact) mass is 276 g/mol. The van der Waals surface area contributed by atoms with Crippen LogP contribution in [0.5, 0.6) is 0 Å². The maximum Gasteiger partial charge on any atom is 0.325 e. The molecule has 18 heavy (non-hydrogen) atoms. The SMILES string of the molecule is CC(Nc1ccc(F)c(NS(C)(=O)=O)c1)C(=O)O. The molecule has 1 atom stereocenters. The molecule has 0 saturated carbocycles. The summed E-state index contributed by atoms with van der Waals surface area (Å²) >= 11 is 0. The van der Waals surface area contributed by atoms with Crippen molar-refractivity contribution < 1.29 is 22.7 Å². The first-order chi connectivity index (χ1) is 8.19. The Labute approximate surface area is 104 Å². The lowest BCUT2D eigenvalue weighted by Gasteiger charge is -2.12. The van der Waals surface area contributed by atoms with Crippen molar-refractivity contribution >= 4 is 27.4 Å². The van der Waals surface area contributed by atoms with Crippen LogP contribution in [0.1, 0.15) is 6.92 Å². The second-order valence-corrected chi connectivity index (χ2v) is 5.52. The van der Waals surface area contributed by atoms with Crippen molar-refractivity contribution in [2.24, 2.45) is 0 Å². The lowest BCUT2D eigenvalue weighted by Crippen LogP contribution is -2.25. The van der Waals surface area contributed by atoms with Crippen molar-refractivity contribution in [3.63, 3.8) is 0 Å². The Kier molecular flexibility index (Phi) is 4.12. The number of carboxylic acid groups (broad SMARTS) is 1. The molecule has 0 aliphatic rings. The number of halogens is 1. The fourth-order valence-corrected chi connectivity index (χ4v) is 1.76. The topological polar surface area (TPSA) is 95.5 Å². The van der Waals surface area contributed by atoms with E-state index in [0.717, 1.165) is 12.3 Å². The number of hydrogen-bond acceptors (Lipinski definition) is 4. The first-order valence-electron chi connectivity index (χ1n) is 4.96. The zero-order valence-corrected chi connectivity index (χ0v) is 10.6. The first-order valence-corrected chi connectivity index (χ1v) is 6.85. The van der Waals surface area contributed by atoms with Gasteiger partial charge in [-0.05, 0) is 25.1 Å². The van der Waals surface area contributed by atoms with Gasteiger partial charge in [-0.3, -0.25) is 9.52 Å². The van der Waals surface area contributed by atoms with Crippen LogP contribution in [0.4, 0.5) is 15.8 Å². The minimum absolute atomic E-state index is 0.236. The van der Waals surface area contributed by atoms with E-state index in [9.17, 15) is 17.6 Å². The zero-order valence-electron chi connectivity index (χ0n) is 9.77. The summed E-state index contributed by atoms with van der Waals surface area (Å²) in [5, 5.41) is 11.3. The van der Waals surface area contributed by atoms with Gasteiger partial charge in [0.1, 0.15) is 11.9 Å². The zero-order chi connectivity index (χ0) is 13.9. The Bertz CT molecular complexity index is 559. The fourth-order valence-electron chi connectivity index (χ4n) is 1.20. The van der Waals surface area contributed by atoms with Gasteiger partial charge < -0.3 is 10.4 Å². The molecule has 0 aliphatic carbocycles. The summed E-state index contributed by atoms with van der Waals surface area (Å²) in [7, 11) is -3.60. The number of anilines is 2. The molecule has 0 spiro atoms. The second-order valence-electron chi connectivity index (χ2n) is 3.77. The van der Waals surface area contributed by atoms with Crippen LogP contribution in [0.2, 0.25) is 0 Å². The minimum atomic E-state index is -3.60. The van der Waals surface area contributed by atoms with E-state index in [-0.39, 0.29) is 5.69 Å². The van der Waals surface area contributed by atoms with E-state index in [1.165, 1.54) is 19.1 Å². The van der Waals surface area contributed by atoms with Gasteiger partial charge in [0.2, 0.25) is 10.0 Å². The Hall–Kier alpha value is -1.83. The van der Waals surface area contributed by atoms with E-state index < -0.39 is 27.9 Å². The molecule has 1 aromatic carbocycles. The number of aliphatic carboxylic acids is 1. The van der Waals surface area contributed by atoms with Crippen molar-refractivity contribution in [3.8, 4) is 0 Å². The predicted octanol–water partition coefficient (Wildman–Crippen LogP) is 1.08. The van der Waals surface area contributed by atoms with E-state index in [1.807, 2.05) is 4.72 Å². The van der Waals surface area contributed by atoms with Gasteiger partial charge in [0.15, 0.2) is 0 Å². The summed E-state index contributed by atoms with van der Waals surface area (Å²) in [5.74, 6) is -1.81. The van der Waals surface area contributed by atoms with Crippen LogP contribution in [-0.2, 0) is 14.8 Å². The van der Waals surface area contributed by atoms with Crippen molar-refractivity contribution in [2.45, 2.75) is 13.0 Å². The van der Waals surface area contributed by atoms with E-state index in [1.54, 1.807) is 0 Å². The molecule has 6 nitrogen and oxygen atoms in total. The summed E-state index contributed by atoms with van der Waals surface area (Å²) in [5.41, 5.74) is 0.0672. The molecule has 1 aromatic rings. The van der Waals surface area contributed by atoms with Crippen LogP contribution in [-0.4, -0.2) is 31.8 Å². The van der Waals surface area contributed by atoms with Crippen molar-refractivity contribution in [1.82, 2.24) is 0 Å². The minimum Gasteiger partial charge on any atom is -0.480 e. The molecule has 100 valence electrons. The predicted molar refractivity (Wildman–Crippen MR) is 65.6 cm³/mol. The fraction of sp³-hybridized carbons (Fsp3) is 0.300. The van der Waals surface area contributed by atoms with Crippen molar-refractivity contribution in [3.05, 3.63) is 24.0 Å². The highest BCUT2D eigenvalue weighted by Crippen LogP contribution is 2.21. The third-order valence-electron chi connectivity index (χ3n) is 2.02. The maximum atomic E-state index is 13.3. The molecular weight excluding hydrogens is 263 g/mol. The van der Waals surface area contributed by atoms with Gasteiger partial charge in [0.05, 0.1) is 11.9 Å². The molecular formula is C10H13FN2O4S. The van der Waals surface area contributed by atoms with Crippen LogP contribution >= 0.6 is 0 Å². The molecule has 0 heterocycles. The number of carboxylic acids is 1. The lowest BCUT2D eigenvalue weighted by molar-refractivity contribution is -0.137. The average Bonchev–Trinajstić information content (AvgIpc) is 2.20. The highest BCUT2D eigenvalue weighted by molar-refractivity contribution is 7.92. The molecule has 0 fully saturated rings. The molecule has 0 bridgehead atoms. The molecule has 0 radical (unpaired) electrons. The van der Waals surface area contributed by atoms with Crippen molar-refractivity contribution in [2.75, 3.05) is 16.3 Å². The molecule has 0 aromatic heterocycles. The van der Waals surface area contributed by atoms with Crippen LogP contribution in [0.25, 0.3) is 0 Å². The lowest BCUT2D eigenvalue weighted by atomic mass is 10.2. The van der Waals surface area contributed by atoms with E-state index in [2.05, 4.69) is 5.32 Å². The molecule has 1 unspecified atom stereocenters. The molecule has 0 saturated heterocycles. The first kappa shape index (κ1) is 14.2. The van der Waals surface area contributed by atoms with Gasteiger partial charge in [-0.1, -0.05) is 0 Å². The highest BCUT2D eigenvalue weighted by Gasteiger charge is 2.13. The summed E-state index contributed by atoms with van der Waals surface area (Å²) in [6, 6.07) is 2.68. The molecule has 3 N–H and O–H groups in total. The van der Waals surface area contributed by atoms with Crippen LogP contribution in [0.3, 0.4) is 0 Å². The van der Waals surface area contributed by atoms with Gasteiger partial charge in [-0.15, -0.1) is 0 Å². The number of hydrogen-bond donors (Lipinski definition) is 3. The summed E-state index contributed by atoms with van der Waals surface area (Å²) in [4.78, 5) is 10.6. The van der Waals surface area contributed by atoms with Crippen molar-refractivity contribution in [1.29, 1.82) is 0 Å². The Morgan fingerprint density at radius 3 is 2.56 bits per heavy atom. The number of rotatable bonds is 5. The van der Waals surface area contributed by atoms with Gasteiger partial charge in [-0.25, -0.2) is 12.8 Å².